The molecule has 10 rings (SSSR count). The van der Waals surface area contributed by atoms with E-state index in [1.54, 1.807) is 32.7 Å². The molecule has 0 unspecified atom stereocenters. The van der Waals surface area contributed by atoms with Crippen LogP contribution in [0.15, 0.2) is 48.6 Å². The lowest BCUT2D eigenvalue weighted by atomic mass is 9.37. The fraction of sp³-hybridized carbons (Fsp3) is 0.433. The Morgan fingerprint density at radius 2 is 1.93 bits per heavy atom. The van der Waals surface area contributed by atoms with Gasteiger partial charge in [0.15, 0.2) is 11.5 Å². The fourth-order valence-corrected chi connectivity index (χ4v) is 9.95. The molecule has 2 aromatic carbocycles. The molecule has 2 aliphatic heterocycles. The Morgan fingerprint density at radius 1 is 1.05 bits per heavy atom. The average molecular weight is 599 g/mol. The summed E-state index contributed by atoms with van der Waals surface area (Å²) in [6, 6.07) is 12.1. The summed E-state index contributed by atoms with van der Waals surface area (Å²) in [7, 11) is 5.16. The second-order valence-electron chi connectivity index (χ2n) is 12.0. The predicted octanol–water partition coefficient (Wildman–Crippen LogP) is 3.77. The molecule has 4 aromatic rings. The number of methoxy groups -OCH3 is 3. The van der Waals surface area contributed by atoms with Crippen LogP contribution in [0, 0.1) is 5.41 Å². The zero-order chi connectivity index (χ0) is 29.0. The minimum atomic E-state index is -0.740. The van der Waals surface area contributed by atoms with Crippen molar-refractivity contribution in [2.75, 3.05) is 38.1 Å². The first-order chi connectivity index (χ1) is 21.1. The predicted molar refractivity (Wildman–Crippen MR) is 158 cm³/mol. The second-order valence-corrected chi connectivity index (χ2v) is 13.0. The summed E-state index contributed by atoms with van der Waals surface area (Å²) in [5.74, 6) is 2.96. The van der Waals surface area contributed by atoms with Crippen LogP contribution in [0.5, 0.6) is 17.2 Å². The number of hydrogen-bond acceptors (Lipinski definition) is 12. The molecule has 4 heterocycles. The first kappa shape index (κ1) is 25.3. The van der Waals surface area contributed by atoms with Gasteiger partial charge in [0, 0.05) is 36.4 Å². The van der Waals surface area contributed by atoms with Gasteiger partial charge >= 0.3 is 0 Å². The third kappa shape index (κ3) is 3.01. The lowest BCUT2D eigenvalue weighted by Crippen LogP contribution is -2.78. The molecule has 2 N–H and O–H groups in total. The van der Waals surface area contributed by atoms with E-state index in [-0.39, 0.29) is 28.9 Å². The molecule has 4 bridgehead atoms. The minimum Gasteiger partial charge on any atom is -0.497 e. The molecular formula is C30H30N8O4S. The molecule has 4 aliphatic carbocycles. The smallest absolute Gasteiger partial charge is 0.266 e. The summed E-state index contributed by atoms with van der Waals surface area (Å²) in [6.07, 6.45) is 6.91. The molecule has 43 heavy (non-hydrogen) atoms. The summed E-state index contributed by atoms with van der Waals surface area (Å²) in [5.41, 5.74) is 2.15. The van der Waals surface area contributed by atoms with Crippen LogP contribution in [0.2, 0.25) is 0 Å². The van der Waals surface area contributed by atoms with Gasteiger partial charge in [-0.1, -0.05) is 34.7 Å². The van der Waals surface area contributed by atoms with Gasteiger partial charge in [0.25, 0.3) is 5.95 Å². The number of anilines is 3. The third-order valence-corrected chi connectivity index (χ3v) is 11.6. The van der Waals surface area contributed by atoms with E-state index in [1.807, 2.05) is 30.3 Å². The van der Waals surface area contributed by atoms with Crippen LogP contribution in [0.3, 0.4) is 0 Å². The van der Waals surface area contributed by atoms with E-state index in [9.17, 15) is 0 Å². The van der Waals surface area contributed by atoms with Crippen LogP contribution in [-0.4, -0.2) is 76.4 Å². The van der Waals surface area contributed by atoms with Gasteiger partial charge in [-0.05, 0) is 60.4 Å². The van der Waals surface area contributed by atoms with Crippen molar-refractivity contribution in [1.82, 2.24) is 30.8 Å². The number of nitrogens with zero attached hydrogens (tertiary/aromatic N) is 6. The van der Waals surface area contributed by atoms with Gasteiger partial charge in [0.2, 0.25) is 5.13 Å². The average Bonchev–Trinajstić information content (AvgIpc) is 3.81. The summed E-state index contributed by atoms with van der Waals surface area (Å²) in [4.78, 5) is 2.33. The lowest BCUT2D eigenvalue weighted by molar-refractivity contribution is -0.178. The Labute approximate surface area is 251 Å². The van der Waals surface area contributed by atoms with Gasteiger partial charge in [-0.2, -0.15) is 5.21 Å². The zero-order valence-corrected chi connectivity index (χ0v) is 24.7. The van der Waals surface area contributed by atoms with Crippen LogP contribution in [-0.2, 0) is 16.6 Å². The largest absolute Gasteiger partial charge is 0.497 e. The highest BCUT2D eigenvalue weighted by Crippen LogP contribution is 2.76. The number of piperidine rings is 1. The van der Waals surface area contributed by atoms with E-state index in [2.05, 4.69) is 54.2 Å². The molecule has 220 valence electrons. The van der Waals surface area contributed by atoms with E-state index in [1.165, 1.54) is 11.1 Å². The molecule has 2 aromatic heterocycles. The fourth-order valence-electron chi connectivity index (χ4n) is 9.01. The Morgan fingerprint density at radius 3 is 2.70 bits per heavy atom. The molecule has 0 radical (unpaired) electrons. The summed E-state index contributed by atoms with van der Waals surface area (Å²) in [6.45, 7) is 0.787. The quantitative estimate of drug-likeness (QED) is 0.301. The second kappa shape index (κ2) is 8.66. The van der Waals surface area contributed by atoms with E-state index in [4.69, 9.17) is 24.0 Å². The number of aromatic amines is 1. The maximum atomic E-state index is 7.08. The molecule has 0 amide bonds. The van der Waals surface area contributed by atoms with Gasteiger partial charge in [0.1, 0.15) is 22.5 Å². The normalized spacial score (nSPS) is 32.3. The highest BCUT2D eigenvalue weighted by molar-refractivity contribution is 7.15. The SMILES string of the molecule is COc1ccc(Nc2nnc([C@H]3C[C@@]45C=C[C@]3(OC)[C@@H]3Oc6c(OC)ccc7c6[C@@]34CCN(c3nn[nH]n3)[C@@H]5C7)s2)cc1. The number of aromatic nitrogens is 6. The molecule has 6 atom stereocenters. The Balaban J connectivity index is 1.19. The monoisotopic (exact) mass is 598 g/mol. The standard InChI is InChI=1S/C30H30N8O4S/c1-39-18-7-5-17(6-8-18)31-27-35-32-24(43-27)19-15-28-10-11-30(19,41-3)25-29(28)12-13-38(26-33-36-37-34-26)21(28)14-16-4-9-20(40-2)23(42-25)22(16)29/h4-11,19,21,25H,12-15H2,1-3H3,(H,31,35)(H,33,34,36,37)/t19-,21-,25-,28-,29+,30-/m1/s1. The Bertz CT molecular complexity index is 1760. The van der Waals surface area contributed by atoms with Crippen molar-refractivity contribution in [2.24, 2.45) is 5.41 Å². The van der Waals surface area contributed by atoms with Crippen LogP contribution in [0.4, 0.5) is 16.8 Å². The molecule has 1 saturated carbocycles. The Hall–Kier alpha value is -4.23. The first-order valence-electron chi connectivity index (χ1n) is 14.4. The molecule has 2 spiro atoms. The minimum absolute atomic E-state index is 0.0842. The van der Waals surface area contributed by atoms with Crippen molar-refractivity contribution in [2.45, 2.75) is 48.3 Å². The van der Waals surface area contributed by atoms with E-state index in [0.717, 1.165) is 58.9 Å². The first-order valence-corrected chi connectivity index (χ1v) is 15.3. The Kier molecular flexibility index (Phi) is 5.09. The molecule has 6 aliphatic rings. The van der Waals surface area contributed by atoms with Gasteiger partial charge in [-0.3, -0.25) is 0 Å². The number of nitrogens with one attached hydrogen (secondary N) is 2. The van der Waals surface area contributed by atoms with E-state index < -0.39 is 5.60 Å². The summed E-state index contributed by atoms with van der Waals surface area (Å²) < 4.78 is 24.9. The van der Waals surface area contributed by atoms with Gasteiger partial charge in [0.05, 0.1) is 25.6 Å². The molecule has 12 nitrogen and oxygen atoms in total. The topological polar surface area (TPSA) is 132 Å². The number of hydrogen-bond donors (Lipinski definition) is 2. The van der Waals surface area contributed by atoms with Crippen molar-refractivity contribution in [3.05, 3.63) is 64.7 Å². The van der Waals surface area contributed by atoms with Crippen molar-refractivity contribution in [3.63, 3.8) is 0 Å². The number of benzene rings is 2. The van der Waals surface area contributed by atoms with Crippen molar-refractivity contribution >= 4 is 28.1 Å². The van der Waals surface area contributed by atoms with Crippen LogP contribution >= 0.6 is 11.3 Å². The molecule has 2 fully saturated rings. The molecular weight excluding hydrogens is 568 g/mol. The highest BCUT2D eigenvalue weighted by Gasteiger charge is 2.80. The van der Waals surface area contributed by atoms with Gasteiger partial charge in [-0.15, -0.1) is 15.3 Å². The number of rotatable bonds is 7. The van der Waals surface area contributed by atoms with Crippen molar-refractivity contribution in [1.29, 1.82) is 0 Å². The number of H-pyrrole nitrogens is 1. The van der Waals surface area contributed by atoms with Crippen LogP contribution < -0.4 is 24.4 Å². The van der Waals surface area contributed by atoms with E-state index in [0.29, 0.717) is 5.95 Å². The maximum absolute atomic E-state index is 7.08. The van der Waals surface area contributed by atoms with Crippen molar-refractivity contribution < 1.29 is 18.9 Å². The van der Waals surface area contributed by atoms with Crippen LogP contribution in [0.25, 0.3) is 0 Å². The zero-order valence-electron chi connectivity index (χ0n) is 23.9. The number of ether oxygens (including phenoxy) is 4. The van der Waals surface area contributed by atoms with E-state index >= 15 is 0 Å². The number of tetrazole rings is 1. The lowest BCUT2D eigenvalue weighted by Gasteiger charge is -2.70. The van der Waals surface area contributed by atoms with Crippen molar-refractivity contribution in [3.8, 4) is 17.2 Å². The summed E-state index contributed by atoms with van der Waals surface area (Å²) >= 11 is 1.56. The van der Waals surface area contributed by atoms with Crippen LogP contribution in [0.1, 0.15) is 34.9 Å². The van der Waals surface area contributed by atoms with Gasteiger partial charge < -0.3 is 29.2 Å². The third-order valence-electron chi connectivity index (χ3n) is 10.7. The van der Waals surface area contributed by atoms with Gasteiger partial charge in [-0.25, -0.2) is 0 Å². The number of fused-ring (bicyclic) bond motifs is 1. The maximum Gasteiger partial charge on any atom is 0.266 e. The molecule has 1 saturated heterocycles. The molecule has 13 heteroatoms. The highest BCUT2D eigenvalue weighted by atomic mass is 32.1. The summed E-state index contributed by atoms with van der Waals surface area (Å²) in [5, 5.41) is 29.8.